The van der Waals surface area contributed by atoms with Crippen LogP contribution in [0, 0.1) is 0 Å². The Morgan fingerprint density at radius 3 is 2.19 bits per heavy atom. The van der Waals surface area contributed by atoms with Gasteiger partial charge in [-0.05, 0) is 42.8 Å². The molecule has 2 rings (SSSR count). The second kappa shape index (κ2) is 9.98. The molecule has 0 aliphatic rings. The van der Waals surface area contributed by atoms with Crippen LogP contribution in [0.2, 0.25) is 0 Å². The molecule has 6 heteroatoms. The predicted octanol–water partition coefficient (Wildman–Crippen LogP) is 2.90. The second-order valence-corrected chi connectivity index (χ2v) is 5.66. The summed E-state index contributed by atoms with van der Waals surface area (Å²) in [6.07, 6.45) is 0.959. The van der Waals surface area contributed by atoms with E-state index in [2.05, 4.69) is 10.9 Å². The zero-order valence-corrected chi connectivity index (χ0v) is 14.7. The average Bonchev–Trinajstić information content (AvgIpc) is 2.69. The van der Waals surface area contributed by atoms with E-state index in [0.29, 0.717) is 23.5 Å². The summed E-state index contributed by atoms with van der Waals surface area (Å²) in [5, 5.41) is 0. The Kier molecular flexibility index (Phi) is 7.36. The van der Waals surface area contributed by atoms with Gasteiger partial charge in [-0.1, -0.05) is 25.1 Å². The maximum absolute atomic E-state index is 12.1. The molecule has 2 aromatic rings. The van der Waals surface area contributed by atoms with Gasteiger partial charge in [-0.3, -0.25) is 25.2 Å². The van der Waals surface area contributed by atoms with Gasteiger partial charge < -0.3 is 4.74 Å². The Balaban J connectivity index is 1.74. The monoisotopic (exact) mass is 354 g/mol. The van der Waals surface area contributed by atoms with Gasteiger partial charge in [-0.25, -0.2) is 0 Å². The topological polar surface area (TPSA) is 84.5 Å². The number of carbonyl (C=O) groups is 3. The molecule has 0 unspecified atom stereocenters. The molecule has 0 saturated carbocycles. The molecular formula is C20H22N2O4. The molecule has 0 spiro atoms. The summed E-state index contributed by atoms with van der Waals surface area (Å²) in [4.78, 5) is 35.7. The predicted molar refractivity (Wildman–Crippen MR) is 97.8 cm³/mol. The summed E-state index contributed by atoms with van der Waals surface area (Å²) in [6, 6.07) is 15.4. The number of rotatable bonds is 8. The Labute approximate surface area is 152 Å². The quantitative estimate of drug-likeness (QED) is 0.564. The maximum Gasteiger partial charge on any atom is 0.269 e. The molecule has 0 heterocycles. The van der Waals surface area contributed by atoms with E-state index in [-0.39, 0.29) is 18.6 Å². The highest BCUT2D eigenvalue weighted by Crippen LogP contribution is 2.14. The lowest BCUT2D eigenvalue weighted by Crippen LogP contribution is -2.41. The zero-order valence-electron chi connectivity index (χ0n) is 14.7. The Morgan fingerprint density at radius 2 is 1.54 bits per heavy atom. The number of benzene rings is 2. The average molecular weight is 354 g/mol. The van der Waals surface area contributed by atoms with E-state index in [0.717, 1.165) is 6.42 Å². The van der Waals surface area contributed by atoms with Crippen LogP contribution < -0.4 is 15.6 Å². The van der Waals surface area contributed by atoms with Gasteiger partial charge in [0.25, 0.3) is 5.91 Å². The SMILES string of the molecule is CCCOc1ccc(C(=O)CCC(=O)NNC(=O)c2ccccc2)cc1. The Hall–Kier alpha value is -3.15. The van der Waals surface area contributed by atoms with Crippen molar-refractivity contribution in [2.24, 2.45) is 0 Å². The minimum absolute atomic E-state index is 0.0119. The van der Waals surface area contributed by atoms with E-state index in [1.54, 1.807) is 54.6 Å². The Bertz CT molecular complexity index is 742. The van der Waals surface area contributed by atoms with Crippen molar-refractivity contribution in [2.75, 3.05) is 6.61 Å². The van der Waals surface area contributed by atoms with Crippen molar-refractivity contribution in [3.05, 3.63) is 65.7 Å². The molecule has 0 aliphatic carbocycles. The molecule has 136 valence electrons. The molecule has 6 nitrogen and oxygen atoms in total. The third-order valence-electron chi connectivity index (χ3n) is 3.58. The van der Waals surface area contributed by atoms with E-state index in [1.807, 2.05) is 6.92 Å². The van der Waals surface area contributed by atoms with Crippen LogP contribution in [0.4, 0.5) is 0 Å². The van der Waals surface area contributed by atoms with Gasteiger partial charge in [0.05, 0.1) is 6.61 Å². The van der Waals surface area contributed by atoms with Crippen LogP contribution >= 0.6 is 0 Å². The fraction of sp³-hybridized carbons (Fsp3) is 0.250. The molecular weight excluding hydrogens is 332 g/mol. The molecule has 0 fully saturated rings. The van der Waals surface area contributed by atoms with Crippen molar-refractivity contribution >= 4 is 17.6 Å². The van der Waals surface area contributed by atoms with Crippen molar-refractivity contribution in [3.63, 3.8) is 0 Å². The van der Waals surface area contributed by atoms with E-state index >= 15 is 0 Å². The van der Waals surface area contributed by atoms with Crippen LogP contribution in [-0.4, -0.2) is 24.2 Å². The van der Waals surface area contributed by atoms with Crippen molar-refractivity contribution in [3.8, 4) is 5.75 Å². The Morgan fingerprint density at radius 1 is 0.846 bits per heavy atom. The van der Waals surface area contributed by atoms with E-state index < -0.39 is 11.8 Å². The number of amides is 2. The number of hydrazine groups is 1. The smallest absolute Gasteiger partial charge is 0.269 e. The van der Waals surface area contributed by atoms with Crippen molar-refractivity contribution in [1.82, 2.24) is 10.9 Å². The lowest BCUT2D eigenvalue weighted by Gasteiger charge is -2.08. The van der Waals surface area contributed by atoms with Crippen molar-refractivity contribution in [1.29, 1.82) is 0 Å². The summed E-state index contributed by atoms with van der Waals surface area (Å²) in [5.74, 6) is -0.264. The first kappa shape index (κ1) is 19.2. The highest BCUT2D eigenvalue weighted by Gasteiger charge is 2.11. The first-order valence-corrected chi connectivity index (χ1v) is 8.50. The van der Waals surface area contributed by atoms with Crippen molar-refractivity contribution < 1.29 is 19.1 Å². The van der Waals surface area contributed by atoms with E-state index in [9.17, 15) is 14.4 Å². The molecule has 2 N–H and O–H groups in total. The molecule has 2 aromatic carbocycles. The number of hydrogen-bond acceptors (Lipinski definition) is 4. The van der Waals surface area contributed by atoms with Gasteiger partial charge in [0, 0.05) is 24.0 Å². The lowest BCUT2D eigenvalue weighted by atomic mass is 10.1. The van der Waals surface area contributed by atoms with Gasteiger partial charge >= 0.3 is 0 Å². The minimum atomic E-state index is -0.425. The summed E-state index contributed by atoms with van der Waals surface area (Å²) in [7, 11) is 0. The summed E-state index contributed by atoms with van der Waals surface area (Å²) in [5.41, 5.74) is 5.59. The van der Waals surface area contributed by atoms with Crippen molar-refractivity contribution in [2.45, 2.75) is 26.2 Å². The molecule has 26 heavy (non-hydrogen) atoms. The largest absolute Gasteiger partial charge is 0.494 e. The zero-order chi connectivity index (χ0) is 18.8. The van der Waals surface area contributed by atoms with Crippen LogP contribution in [0.15, 0.2) is 54.6 Å². The number of hydrogen-bond donors (Lipinski definition) is 2. The lowest BCUT2D eigenvalue weighted by molar-refractivity contribution is -0.121. The molecule has 0 atom stereocenters. The summed E-state index contributed by atoms with van der Waals surface area (Å²) in [6.45, 7) is 2.65. The number of ether oxygens (including phenoxy) is 1. The molecule has 2 amide bonds. The molecule has 0 bridgehead atoms. The normalized spacial score (nSPS) is 10.0. The van der Waals surface area contributed by atoms with Crippen LogP contribution in [0.5, 0.6) is 5.75 Å². The van der Waals surface area contributed by atoms with Gasteiger partial charge in [0.2, 0.25) is 5.91 Å². The van der Waals surface area contributed by atoms with Gasteiger partial charge in [-0.2, -0.15) is 0 Å². The standard InChI is InChI=1S/C20H22N2O4/c1-2-14-26-17-10-8-15(9-11-17)18(23)12-13-19(24)21-22-20(25)16-6-4-3-5-7-16/h3-11H,2,12-14H2,1H3,(H,21,24)(H,22,25). The third-order valence-corrected chi connectivity index (χ3v) is 3.58. The first-order chi connectivity index (χ1) is 12.6. The van der Waals surface area contributed by atoms with Gasteiger partial charge in [0.15, 0.2) is 5.78 Å². The highest BCUT2D eigenvalue weighted by atomic mass is 16.5. The molecule has 0 aliphatic heterocycles. The van der Waals surface area contributed by atoms with Crippen LogP contribution in [-0.2, 0) is 4.79 Å². The van der Waals surface area contributed by atoms with Crippen LogP contribution in [0.1, 0.15) is 46.9 Å². The van der Waals surface area contributed by atoms with Crippen LogP contribution in [0.3, 0.4) is 0 Å². The number of nitrogens with one attached hydrogen (secondary N) is 2. The fourth-order valence-electron chi connectivity index (χ4n) is 2.18. The van der Waals surface area contributed by atoms with E-state index in [1.165, 1.54) is 0 Å². The highest BCUT2D eigenvalue weighted by molar-refractivity contribution is 5.98. The maximum atomic E-state index is 12.1. The fourth-order valence-corrected chi connectivity index (χ4v) is 2.18. The van der Waals surface area contributed by atoms with Gasteiger partial charge in [-0.15, -0.1) is 0 Å². The second-order valence-electron chi connectivity index (χ2n) is 5.66. The summed E-state index contributed by atoms with van der Waals surface area (Å²) >= 11 is 0. The minimum Gasteiger partial charge on any atom is -0.494 e. The third kappa shape index (κ3) is 6.05. The number of carbonyl (C=O) groups excluding carboxylic acids is 3. The molecule has 0 radical (unpaired) electrons. The molecule has 0 aromatic heterocycles. The van der Waals surface area contributed by atoms with E-state index in [4.69, 9.17) is 4.74 Å². The first-order valence-electron chi connectivity index (χ1n) is 8.50. The number of Topliss-reactive ketones (excluding diaryl/α,β-unsaturated/α-hetero) is 1. The van der Waals surface area contributed by atoms with Gasteiger partial charge in [0.1, 0.15) is 5.75 Å². The summed E-state index contributed by atoms with van der Waals surface area (Å²) < 4.78 is 5.46. The molecule has 0 saturated heterocycles. The number of ketones is 1. The van der Waals surface area contributed by atoms with Crippen LogP contribution in [0.25, 0.3) is 0 Å².